The molecule has 2 N–H and O–H groups in total. The van der Waals surface area contributed by atoms with Crippen LogP contribution in [0, 0.1) is 0 Å². The summed E-state index contributed by atoms with van der Waals surface area (Å²) in [6, 6.07) is 20.2. The third-order valence-electron chi connectivity index (χ3n) is 4.07. The van der Waals surface area contributed by atoms with Crippen molar-refractivity contribution in [3.63, 3.8) is 0 Å². The summed E-state index contributed by atoms with van der Waals surface area (Å²) in [6.07, 6.45) is 2.38. The first-order valence-electron chi connectivity index (χ1n) is 7.43. The maximum Gasteiger partial charge on any atom is 0.0476 e. The molecule has 1 saturated heterocycles. The Bertz CT molecular complexity index is 533. The average molecular weight is 266 g/mol. The highest BCUT2D eigenvalue weighted by atomic mass is 15.3. The largest absolute Gasteiger partial charge is 0.326 e. The van der Waals surface area contributed by atoms with Gasteiger partial charge in [-0.2, -0.15) is 0 Å². The predicted molar refractivity (Wildman–Crippen MR) is 83.4 cm³/mol. The molecule has 20 heavy (non-hydrogen) atoms. The summed E-state index contributed by atoms with van der Waals surface area (Å²) in [7, 11) is 0. The number of rotatable bonds is 6. The highest BCUT2D eigenvalue weighted by Gasteiger charge is 2.33. The molecule has 104 valence electrons. The third kappa shape index (κ3) is 3.27. The van der Waals surface area contributed by atoms with Gasteiger partial charge in [-0.05, 0) is 36.1 Å². The SMILES string of the molecule is NCc1ccc(CCCN2C[C@@H]2c2ccccc2)cc1. The van der Waals surface area contributed by atoms with Crippen molar-refractivity contribution in [2.24, 2.45) is 5.73 Å². The van der Waals surface area contributed by atoms with Gasteiger partial charge < -0.3 is 5.73 Å². The van der Waals surface area contributed by atoms with Crippen molar-refractivity contribution in [3.05, 3.63) is 71.3 Å². The molecule has 2 aromatic carbocycles. The van der Waals surface area contributed by atoms with Gasteiger partial charge in [0, 0.05) is 19.1 Å². The van der Waals surface area contributed by atoms with Crippen LogP contribution in [0.3, 0.4) is 0 Å². The fourth-order valence-corrected chi connectivity index (χ4v) is 2.74. The van der Waals surface area contributed by atoms with Crippen molar-refractivity contribution in [1.29, 1.82) is 0 Å². The fourth-order valence-electron chi connectivity index (χ4n) is 2.74. The molecule has 0 aliphatic carbocycles. The number of benzene rings is 2. The van der Waals surface area contributed by atoms with E-state index in [1.54, 1.807) is 0 Å². The second-order valence-electron chi connectivity index (χ2n) is 5.55. The lowest BCUT2D eigenvalue weighted by molar-refractivity contribution is 0.495. The Morgan fingerprint density at radius 3 is 2.35 bits per heavy atom. The zero-order chi connectivity index (χ0) is 13.8. The molecule has 0 aromatic heterocycles. The molecule has 1 unspecified atom stereocenters. The summed E-state index contributed by atoms with van der Waals surface area (Å²) >= 11 is 0. The first-order chi connectivity index (χ1) is 9.86. The molecule has 1 aliphatic heterocycles. The molecule has 2 heteroatoms. The van der Waals surface area contributed by atoms with Gasteiger partial charge in [0.05, 0.1) is 0 Å². The Morgan fingerprint density at radius 1 is 0.950 bits per heavy atom. The van der Waals surface area contributed by atoms with Crippen LogP contribution in [0.1, 0.15) is 29.2 Å². The zero-order valence-corrected chi connectivity index (χ0v) is 11.8. The molecule has 1 fully saturated rings. The van der Waals surface area contributed by atoms with E-state index in [0.717, 1.165) is 6.42 Å². The summed E-state index contributed by atoms with van der Waals surface area (Å²) < 4.78 is 0. The molecular weight excluding hydrogens is 244 g/mol. The Morgan fingerprint density at radius 2 is 1.65 bits per heavy atom. The molecule has 1 aliphatic rings. The summed E-state index contributed by atoms with van der Waals surface area (Å²) in [6.45, 7) is 3.04. The van der Waals surface area contributed by atoms with Crippen LogP contribution in [-0.4, -0.2) is 18.0 Å². The summed E-state index contributed by atoms with van der Waals surface area (Å²) in [4.78, 5) is 2.55. The van der Waals surface area contributed by atoms with Crippen LogP contribution in [0.4, 0.5) is 0 Å². The normalized spacial score (nSPS) is 20.9. The van der Waals surface area contributed by atoms with Gasteiger partial charge in [-0.3, -0.25) is 4.90 Å². The quantitative estimate of drug-likeness (QED) is 0.814. The first kappa shape index (κ1) is 13.3. The van der Waals surface area contributed by atoms with Gasteiger partial charge in [0.2, 0.25) is 0 Å². The Kier molecular flexibility index (Phi) is 4.14. The average Bonchev–Trinajstić information content (AvgIpc) is 3.28. The predicted octanol–water partition coefficient (Wildman–Crippen LogP) is 3.13. The van der Waals surface area contributed by atoms with Gasteiger partial charge in [-0.25, -0.2) is 0 Å². The van der Waals surface area contributed by atoms with E-state index in [4.69, 9.17) is 5.73 Å². The molecule has 0 radical (unpaired) electrons. The maximum absolute atomic E-state index is 5.61. The van der Waals surface area contributed by atoms with Crippen LogP contribution in [0.5, 0.6) is 0 Å². The Labute approximate surface area is 121 Å². The third-order valence-corrected chi connectivity index (χ3v) is 4.07. The first-order valence-corrected chi connectivity index (χ1v) is 7.43. The number of aryl methyl sites for hydroxylation is 1. The van der Waals surface area contributed by atoms with E-state index in [1.807, 2.05) is 0 Å². The van der Waals surface area contributed by atoms with Gasteiger partial charge in [0.25, 0.3) is 0 Å². The molecule has 0 amide bonds. The Hall–Kier alpha value is -1.64. The van der Waals surface area contributed by atoms with E-state index in [-0.39, 0.29) is 0 Å². The smallest absolute Gasteiger partial charge is 0.0476 e. The van der Waals surface area contributed by atoms with Crippen molar-refractivity contribution >= 4 is 0 Å². The van der Waals surface area contributed by atoms with Crippen molar-refractivity contribution in [2.75, 3.05) is 13.1 Å². The molecule has 1 heterocycles. The lowest BCUT2D eigenvalue weighted by Crippen LogP contribution is -2.03. The molecule has 3 rings (SSSR count). The van der Waals surface area contributed by atoms with Crippen LogP contribution < -0.4 is 5.73 Å². The minimum absolute atomic E-state index is 0.632. The van der Waals surface area contributed by atoms with Crippen LogP contribution in [-0.2, 0) is 13.0 Å². The second kappa shape index (κ2) is 6.21. The molecule has 0 saturated carbocycles. The minimum Gasteiger partial charge on any atom is -0.326 e. The highest BCUT2D eigenvalue weighted by Crippen LogP contribution is 2.34. The van der Waals surface area contributed by atoms with E-state index in [1.165, 1.54) is 36.2 Å². The van der Waals surface area contributed by atoms with Gasteiger partial charge in [-0.1, -0.05) is 54.6 Å². The monoisotopic (exact) mass is 266 g/mol. The van der Waals surface area contributed by atoms with Crippen LogP contribution >= 0.6 is 0 Å². The fraction of sp³-hybridized carbons (Fsp3) is 0.333. The van der Waals surface area contributed by atoms with Crippen LogP contribution in [0.2, 0.25) is 0 Å². The van der Waals surface area contributed by atoms with E-state index in [0.29, 0.717) is 12.6 Å². The molecular formula is C18H22N2. The van der Waals surface area contributed by atoms with Gasteiger partial charge >= 0.3 is 0 Å². The molecule has 0 bridgehead atoms. The Balaban J connectivity index is 1.43. The van der Waals surface area contributed by atoms with Gasteiger partial charge in [-0.15, -0.1) is 0 Å². The van der Waals surface area contributed by atoms with Crippen LogP contribution in [0.15, 0.2) is 54.6 Å². The van der Waals surface area contributed by atoms with E-state index < -0.39 is 0 Å². The molecule has 2 nitrogen and oxygen atoms in total. The zero-order valence-electron chi connectivity index (χ0n) is 11.8. The second-order valence-corrected chi connectivity index (χ2v) is 5.55. The molecule has 2 atom stereocenters. The highest BCUT2D eigenvalue weighted by molar-refractivity contribution is 5.24. The standard InChI is InChI=1S/C18H22N2/c19-13-16-10-8-15(9-11-16)5-4-12-20-14-18(20)17-6-2-1-3-7-17/h1-3,6-11,18H,4-5,12-14,19H2/t18-,20?/m1/s1. The van der Waals surface area contributed by atoms with E-state index in [2.05, 4.69) is 59.5 Å². The lowest BCUT2D eigenvalue weighted by Gasteiger charge is -2.05. The molecule has 0 spiro atoms. The number of hydrogen-bond acceptors (Lipinski definition) is 2. The lowest BCUT2D eigenvalue weighted by atomic mass is 10.1. The van der Waals surface area contributed by atoms with Crippen molar-refractivity contribution in [2.45, 2.75) is 25.4 Å². The van der Waals surface area contributed by atoms with E-state index in [9.17, 15) is 0 Å². The summed E-state index contributed by atoms with van der Waals surface area (Å²) in [5, 5.41) is 0. The molecule has 2 aromatic rings. The maximum atomic E-state index is 5.61. The minimum atomic E-state index is 0.632. The van der Waals surface area contributed by atoms with Gasteiger partial charge in [0.15, 0.2) is 0 Å². The van der Waals surface area contributed by atoms with Crippen molar-refractivity contribution < 1.29 is 0 Å². The number of nitrogens with zero attached hydrogens (tertiary/aromatic N) is 1. The summed E-state index contributed by atoms with van der Waals surface area (Å²) in [5.41, 5.74) is 9.70. The van der Waals surface area contributed by atoms with Gasteiger partial charge in [0.1, 0.15) is 0 Å². The van der Waals surface area contributed by atoms with Crippen LogP contribution in [0.25, 0.3) is 0 Å². The van der Waals surface area contributed by atoms with Crippen molar-refractivity contribution in [3.8, 4) is 0 Å². The summed E-state index contributed by atoms with van der Waals surface area (Å²) in [5.74, 6) is 0. The number of hydrogen-bond donors (Lipinski definition) is 1. The number of nitrogens with two attached hydrogens (primary N) is 1. The van der Waals surface area contributed by atoms with E-state index >= 15 is 0 Å². The van der Waals surface area contributed by atoms with Crippen molar-refractivity contribution in [1.82, 2.24) is 4.90 Å². The topological polar surface area (TPSA) is 29.0 Å².